The van der Waals surface area contributed by atoms with Gasteiger partial charge in [0, 0.05) is 24.0 Å². The Morgan fingerprint density at radius 2 is 2.20 bits per heavy atom. The molecule has 4 heteroatoms. The van der Waals surface area contributed by atoms with Gasteiger partial charge in [-0.1, -0.05) is 18.2 Å². The molecule has 3 rings (SSSR count). The molecule has 0 saturated carbocycles. The van der Waals surface area contributed by atoms with E-state index in [0.717, 1.165) is 42.4 Å². The number of nitrogen functional groups attached to an aromatic ring is 1. The van der Waals surface area contributed by atoms with Crippen LogP contribution in [0, 0.1) is 0 Å². The number of benzene rings is 1. The molecule has 2 aromatic rings. The lowest BCUT2D eigenvalue weighted by molar-refractivity contribution is -0.0181. The monoisotopic (exact) mass is 271 g/mol. The van der Waals surface area contributed by atoms with Crippen LogP contribution >= 0.6 is 0 Å². The molecule has 1 aliphatic heterocycles. The van der Waals surface area contributed by atoms with Gasteiger partial charge in [0.05, 0.1) is 11.1 Å². The first kappa shape index (κ1) is 13.3. The fourth-order valence-corrected chi connectivity index (χ4v) is 3.00. The van der Waals surface area contributed by atoms with Gasteiger partial charge in [0.2, 0.25) is 0 Å². The van der Waals surface area contributed by atoms with Crippen LogP contribution in [0.15, 0.2) is 30.3 Å². The van der Waals surface area contributed by atoms with Crippen molar-refractivity contribution in [3.8, 4) is 0 Å². The molecule has 1 aromatic heterocycles. The molecule has 1 saturated heterocycles. The number of para-hydroxylation sites is 1. The van der Waals surface area contributed by atoms with Gasteiger partial charge >= 0.3 is 0 Å². The number of likely N-dealkylation sites (tertiary alicyclic amines) is 1. The van der Waals surface area contributed by atoms with E-state index in [1.165, 1.54) is 0 Å². The summed E-state index contributed by atoms with van der Waals surface area (Å²) in [4.78, 5) is 6.72. The van der Waals surface area contributed by atoms with Crippen LogP contribution in [0.3, 0.4) is 0 Å². The van der Waals surface area contributed by atoms with Gasteiger partial charge in [-0.15, -0.1) is 0 Å². The lowest BCUT2D eigenvalue weighted by Gasteiger charge is -2.36. The average molecular weight is 271 g/mol. The molecule has 1 fully saturated rings. The molecule has 20 heavy (non-hydrogen) atoms. The zero-order chi connectivity index (χ0) is 14.2. The highest BCUT2D eigenvalue weighted by molar-refractivity contribution is 5.81. The van der Waals surface area contributed by atoms with Gasteiger partial charge in [-0.25, -0.2) is 4.98 Å². The zero-order valence-electron chi connectivity index (χ0n) is 11.8. The zero-order valence-corrected chi connectivity index (χ0v) is 11.8. The third-order valence-electron chi connectivity index (χ3n) is 3.98. The van der Waals surface area contributed by atoms with Crippen LogP contribution in [0.25, 0.3) is 10.9 Å². The van der Waals surface area contributed by atoms with Gasteiger partial charge in [0.25, 0.3) is 0 Å². The van der Waals surface area contributed by atoms with E-state index in [0.29, 0.717) is 12.4 Å². The third kappa shape index (κ3) is 2.76. The van der Waals surface area contributed by atoms with E-state index in [2.05, 4.69) is 22.0 Å². The smallest absolute Gasteiger partial charge is 0.128 e. The minimum Gasteiger partial charge on any atom is -0.389 e. The minimum absolute atomic E-state index is 0.586. The third-order valence-corrected chi connectivity index (χ3v) is 3.98. The van der Waals surface area contributed by atoms with Crippen molar-refractivity contribution < 1.29 is 5.11 Å². The van der Waals surface area contributed by atoms with Crippen molar-refractivity contribution >= 4 is 16.7 Å². The lowest BCUT2D eigenvalue weighted by Crippen LogP contribution is -2.45. The van der Waals surface area contributed by atoms with Crippen LogP contribution in [0.5, 0.6) is 0 Å². The maximum absolute atomic E-state index is 10.2. The van der Waals surface area contributed by atoms with Crippen molar-refractivity contribution in [2.75, 3.05) is 18.8 Å². The normalized spacial score (nSPS) is 24.1. The highest BCUT2D eigenvalue weighted by atomic mass is 16.3. The van der Waals surface area contributed by atoms with Crippen LogP contribution in [-0.4, -0.2) is 33.7 Å². The number of β-amino-alcohol motifs (C(OH)–C–C–N with tert-alkyl or cyclic N) is 1. The first-order valence-electron chi connectivity index (χ1n) is 7.12. The molecule has 4 nitrogen and oxygen atoms in total. The van der Waals surface area contributed by atoms with Crippen LogP contribution in [0.2, 0.25) is 0 Å². The second-order valence-corrected chi connectivity index (χ2v) is 6.04. The van der Waals surface area contributed by atoms with Gasteiger partial charge in [0.1, 0.15) is 5.82 Å². The first-order chi connectivity index (χ1) is 9.53. The molecule has 0 amide bonds. The average Bonchev–Trinajstić information content (AvgIpc) is 2.38. The number of nitrogens with two attached hydrogens (primary N) is 1. The van der Waals surface area contributed by atoms with E-state index in [1.807, 2.05) is 25.1 Å². The number of aromatic nitrogens is 1. The minimum atomic E-state index is -0.586. The highest BCUT2D eigenvalue weighted by Crippen LogP contribution is 2.24. The first-order valence-corrected chi connectivity index (χ1v) is 7.12. The standard InChI is InChI=1S/C16H21N3O/c1-16(20)7-4-8-19(11-16)10-13-9-12-5-2-3-6-14(12)18-15(13)17/h2-3,5-6,9,20H,4,7-8,10-11H2,1H3,(H2,17,18). The predicted molar refractivity (Wildman–Crippen MR) is 81.3 cm³/mol. The molecule has 106 valence electrons. The second kappa shape index (κ2) is 5.04. The Balaban J connectivity index is 1.85. The van der Waals surface area contributed by atoms with Gasteiger partial charge in [-0.05, 0) is 38.4 Å². The molecule has 1 aliphatic rings. The Bertz CT molecular complexity index is 624. The summed E-state index contributed by atoms with van der Waals surface area (Å²) in [5.41, 5.74) is 7.46. The summed E-state index contributed by atoms with van der Waals surface area (Å²) in [7, 11) is 0. The fraction of sp³-hybridized carbons (Fsp3) is 0.438. The summed E-state index contributed by atoms with van der Waals surface area (Å²) in [5, 5.41) is 11.3. The van der Waals surface area contributed by atoms with Crippen molar-refractivity contribution in [1.82, 2.24) is 9.88 Å². The molecule has 1 unspecified atom stereocenters. The van der Waals surface area contributed by atoms with Crippen molar-refractivity contribution in [2.24, 2.45) is 0 Å². The SMILES string of the molecule is CC1(O)CCCN(Cc2cc3ccccc3nc2N)C1. The van der Waals surface area contributed by atoms with Gasteiger partial charge in [-0.3, -0.25) is 4.90 Å². The molecule has 0 spiro atoms. The summed E-state index contributed by atoms with van der Waals surface area (Å²) in [6.07, 6.45) is 1.89. The summed E-state index contributed by atoms with van der Waals surface area (Å²) in [6, 6.07) is 10.1. The quantitative estimate of drug-likeness (QED) is 0.878. The van der Waals surface area contributed by atoms with E-state index in [-0.39, 0.29) is 0 Å². The summed E-state index contributed by atoms with van der Waals surface area (Å²) in [5.74, 6) is 0.592. The topological polar surface area (TPSA) is 62.4 Å². The predicted octanol–water partition coefficient (Wildman–Crippen LogP) is 2.16. The summed E-state index contributed by atoms with van der Waals surface area (Å²) < 4.78 is 0. The number of rotatable bonds is 2. The van der Waals surface area contributed by atoms with E-state index in [4.69, 9.17) is 5.73 Å². The van der Waals surface area contributed by atoms with Crippen molar-refractivity contribution in [3.63, 3.8) is 0 Å². The Hall–Kier alpha value is -1.65. The summed E-state index contributed by atoms with van der Waals surface area (Å²) in [6.45, 7) is 4.35. The van der Waals surface area contributed by atoms with Crippen LogP contribution < -0.4 is 5.73 Å². The fourth-order valence-electron chi connectivity index (χ4n) is 3.00. The Morgan fingerprint density at radius 3 is 3.00 bits per heavy atom. The van der Waals surface area contributed by atoms with Gasteiger partial charge < -0.3 is 10.8 Å². The molecule has 0 bridgehead atoms. The van der Waals surface area contributed by atoms with Crippen LogP contribution in [-0.2, 0) is 6.54 Å². The molecular weight excluding hydrogens is 250 g/mol. The van der Waals surface area contributed by atoms with E-state index in [9.17, 15) is 5.11 Å². The Kier molecular flexibility index (Phi) is 3.36. The van der Waals surface area contributed by atoms with E-state index in [1.54, 1.807) is 0 Å². The Labute approximate surface area is 119 Å². The largest absolute Gasteiger partial charge is 0.389 e. The molecular formula is C16H21N3O. The number of hydrogen-bond acceptors (Lipinski definition) is 4. The van der Waals surface area contributed by atoms with Crippen molar-refractivity contribution in [1.29, 1.82) is 0 Å². The Morgan fingerprint density at radius 1 is 1.40 bits per heavy atom. The molecule has 1 aromatic carbocycles. The molecule has 2 heterocycles. The lowest BCUT2D eigenvalue weighted by atomic mass is 9.95. The number of hydrogen-bond donors (Lipinski definition) is 2. The number of piperidine rings is 1. The number of fused-ring (bicyclic) bond motifs is 1. The molecule has 0 aliphatic carbocycles. The van der Waals surface area contributed by atoms with Crippen LogP contribution in [0.4, 0.5) is 5.82 Å². The maximum atomic E-state index is 10.2. The molecule has 0 radical (unpaired) electrons. The summed E-state index contributed by atoms with van der Waals surface area (Å²) >= 11 is 0. The van der Waals surface area contributed by atoms with Crippen molar-refractivity contribution in [2.45, 2.75) is 31.9 Å². The van der Waals surface area contributed by atoms with Crippen LogP contribution in [0.1, 0.15) is 25.3 Å². The molecule has 1 atom stereocenters. The highest BCUT2D eigenvalue weighted by Gasteiger charge is 2.28. The van der Waals surface area contributed by atoms with Crippen molar-refractivity contribution in [3.05, 3.63) is 35.9 Å². The number of nitrogens with zero attached hydrogens (tertiary/aromatic N) is 2. The number of pyridine rings is 1. The number of anilines is 1. The van der Waals surface area contributed by atoms with E-state index >= 15 is 0 Å². The number of aliphatic hydroxyl groups is 1. The maximum Gasteiger partial charge on any atom is 0.128 e. The van der Waals surface area contributed by atoms with Gasteiger partial charge in [-0.2, -0.15) is 0 Å². The van der Waals surface area contributed by atoms with E-state index < -0.39 is 5.60 Å². The second-order valence-electron chi connectivity index (χ2n) is 6.04. The van der Waals surface area contributed by atoms with Gasteiger partial charge in [0.15, 0.2) is 0 Å². The molecule has 3 N–H and O–H groups in total.